The fourth-order valence-electron chi connectivity index (χ4n) is 4.34. The smallest absolute Gasteiger partial charge is 0.300 e. The summed E-state index contributed by atoms with van der Waals surface area (Å²) in [5.74, 6) is -0.595. The molecule has 32 heavy (non-hydrogen) atoms. The highest BCUT2D eigenvalue weighted by Gasteiger charge is 2.49. The summed E-state index contributed by atoms with van der Waals surface area (Å²) in [6, 6.07) is 15.9. The monoisotopic (exact) mass is 426 g/mol. The molecule has 0 bridgehead atoms. The number of nitrogens with zero attached hydrogens (tertiary/aromatic N) is 1. The number of ketones is 1. The molecule has 2 aromatic carbocycles. The number of amides is 1. The molecular weight excluding hydrogens is 404 g/mol. The van der Waals surface area contributed by atoms with Gasteiger partial charge in [-0.3, -0.25) is 14.5 Å². The van der Waals surface area contributed by atoms with E-state index in [0.29, 0.717) is 22.8 Å². The largest absolute Gasteiger partial charge is 0.507 e. The minimum atomic E-state index is -0.877. The number of rotatable bonds is 3. The topological polar surface area (TPSA) is 86.5 Å². The first kappa shape index (κ1) is 19.9. The van der Waals surface area contributed by atoms with Gasteiger partial charge in [0.1, 0.15) is 23.3 Å². The highest BCUT2D eigenvalue weighted by Crippen LogP contribution is 2.44. The third kappa shape index (κ3) is 2.95. The zero-order chi connectivity index (χ0) is 22.6. The number of carbonyl (C=O) groups excluding carboxylic acids is 2. The van der Waals surface area contributed by atoms with Gasteiger partial charge < -0.3 is 14.5 Å². The van der Waals surface area contributed by atoms with Crippen molar-refractivity contribution in [3.8, 4) is 0 Å². The fourth-order valence-corrected chi connectivity index (χ4v) is 4.34. The Bertz CT molecular complexity index is 1420. The Balaban J connectivity index is 1.78. The summed E-state index contributed by atoms with van der Waals surface area (Å²) >= 11 is 0. The molecule has 1 aliphatic rings. The number of aromatic amines is 1. The van der Waals surface area contributed by atoms with Gasteiger partial charge in [0, 0.05) is 28.4 Å². The number of aliphatic hydroxyl groups is 1. The van der Waals surface area contributed by atoms with E-state index >= 15 is 0 Å². The number of hydrogen-bond acceptors (Lipinski definition) is 4. The van der Waals surface area contributed by atoms with Crippen molar-refractivity contribution in [2.45, 2.75) is 26.8 Å². The molecule has 1 fully saturated rings. The highest BCUT2D eigenvalue weighted by molar-refractivity contribution is 6.51. The molecule has 5 rings (SSSR count). The molecule has 1 aliphatic heterocycles. The van der Waals surface area contributed by atoms with Crippen LogP contribution in [-0.2, 0) is 9.59 Å². The molecule has 0 spiro atoms. The number of aliphatic hydroxyl groups excluding tert-OH is 1. The molecule has 0 radical (unpaired) electrons. The maximum absolute atomic E-state index is 13.3. The second-order valence-corrected chi connectivity index (χ2v) is 8.16. The van der Waals surface area contributed by atoms with Gasteiger partial charge in [-0.1, -0.05) is 30.3 Å². The number of H-pyrrole nitrogens is 1. The van der Waals surface area contributed by atoms with Gasteiger partial charge in [-0.15, -0.1) is 0 Å². The van der Waals surface area contributed by atoms with Gasteiger partial charge in [-0.2, -0.15) is 0 Å². The number of carbonyl (C=O) groups is 2. The van der Waals surface area contributed by atoms with Gasteiger partial charge in [-0.25, -0.2) is 0 Å². The third-order valence-electron chi connectivity index (χ3n) is 5.94. The summed E-state index contributed by atoms with van der Waals surface area (Å²) in [4.78, 5) is 31.1. The van der Waals surface area contributed by atoms with Crippen LogP contribution in [0.2, 0.25) is 0 Å². The molecule has 0 saturated carbocycles. The first-order valence-corrected chi connectivity index (χ1v) is 10.4. The van der Waals surface area contributed by atoms with Crippen molar-refractivity contribution < 1.29 is 19.1 Å². The number of Topliss-reactive ketones (excluding diaryl/α,β-unsaturated/α-hetero) is 1. The van der Waals surface area contributed by atoms with Crippen LogP contribution in [0, 0.1) is 20.8 Å². The lowest BCUT2D eigenvalue weighted by atomic mass is 9.98. The van der Waals surface area contributed by atoms with E-state index < -0.39 is 17.7 Å². The summed E-state index contributed by atoms with van der Waals surface area (Å²) in [5, 5.41) is 12.1. The summed E-state index contributed by atoms with van der Waals surface area (Å²) < 4.78 is 5.87. The number of aromatic nitrogens is 1. The Morgan fingerprint density at radius 1 is 1.03 bits per heavy atom. The third-order valence-corrected chi connectivity index (χ3v) is 5.94. The predicted octanol–water partition coefficient (Wildman–Crippen LogP) is 5.31. The zero-order valence-electron chi connectivity index (χ0n) is 18.0. The number of benzene rings is 2. The summed E-state index contributed by atoms with van der Waals surface area (Å²) in [5.41, 5.74) is 3.71. The van der Waals surface area contributed by atoms with Crippen LogP contribution in [0.4, 0.5) is 5.69 Å². The Morgan fingerprint density at radius 3 is 2.56 bits per heavy atom. The summed E-state index contributed by atoms with van der Waals surface area (Å²) in [6.45, 7) is 5.61. The molecule has 1 saturated heterocycles. The maximum atomic E-state index is 13.3. The van der Waals surface area contributed by atoms with Crippen molar-refractivity contribution in [3.05, 3.63) is 94.6 Å². The average molecular weight is 426 g/mol. The number of hydrogen-bond donors (Lipinski definition) is 2. The summed E-state index contributed by atoms with van der Waals surface area (Å²) in [7, 11) is 0. The standard InChI is InChI=1S/C26H22N2O4/c1-14-8-9-15(2)20(12-14)28-23(21-11-10-16(3)32-21)22(25(30)26(28)31)24(29)18-13-27-19-7-5-4-6-17(18)19/h4-13,23,27,29H,1-3H3/b24-22-. The van der Waals surface area contributed by atoms with Crippen molar-refractivity contribution in [3.63, 3.8) is 0 Å². The predicted molar refractivity (Wildman–Crippen MR) is 122 cm³/mol. The van der Waals surface area contributed by atoms with E-state index in [-0.39, 0.29) is 11.3 Å². The van der Waals surface area contributed by atoms with Crippen LogP contribution in [0.1, 0.15) is 34.3 Å². The van der Waals surface area contributed by atoms with Crippen LogP contribution in [0.15, 0.2) is 70.8 Å². The van der Waals surface area contributed by atoms with Gasteiger partial charge in [0.2, 0.25) is 0 Å². The van der Waals surface area contributed by atoms with Crippen LogP contribution < -0.4 is 4.90 Å². The van der Waals surface area contributed by atoms with Crippen LogP contribution in [0.25, 0.3) is 16.7 Å². The minimum absolute atomic E-state index is 0.00927. The Hall–Kier alpha value is -4.06. The van der Waals surface area contributed by atoms with Crippen molar-refractivity contribution in [1.82, 2.24) is 4.98 Å². The summed E-state index contributed by atoms with van der Waals surface area (Å²) in [6.07, 6.45) is 1.65. The second-order valence-electron chi connectivity index (χ2n) is 8.16. The van der Waals surface area contributed by atoms with E-state index in [9.17, 15) is 14.7 Å². The minimum Gasteiger partial charge on any atom is -0.507 e. The Labute approximate surface area is 184 Å². The van der Waals surface area contributed by atoms with Gasteiger partial charge in [0.05, 0.1) is 5.57 Å². The van der Waals surface area contributed by atoms with Gasteiger partial charge in [-0.05, 0) is 56.2 Å². The number of fused-ring (bicyclic) bond motifs is 1. The number of nitrogens with one attached hydrogen (secondary N) is 1. The second kappa shape index (κ2) is 7.27. The lowest BCUT2D eigenvalue weighted by Crippen LogP contribution is -2.30. The molecule has 4 aromatic rings. The van der Waals surface area contributed by atoms with Crippen molar-refractivity contribution in [1.29, 1.82) is 0 Å². The SMILES string of the molecule is Cc1ccc(C)c(N2C(=O)C(=O)/C(=C(\O)c3c[nH]c4ccccc34)C2c2ccc(C)o2)c1. The highest BCUT2D eigenvalue weighted by atomic mass is 16.3. The van der Waals surface area contributed by atoms with E-state index in [1.165, 1.54) is 4.90 Å². The molecular formula is C26H22N2O4. The number of para-hydroxylation sites is 1. The van der Waals surface area contributed by atoms with E-state index in [1.54, 1.807) is 25.3 Å². The molecule has 1 amide bonds. The first-order valence-electron chi connectivity index (χ1n) is 10.4. The van der Waals surface area contributed by atoms with Gasteiger partial charge in [0.25, 0.3) is 11.7 Å². The van der Waals surface area contributed by atoms with E-state index in [0.717, 1.165) is 22.0 Å². The van der Waals surface area contributed by atoms with Crippen LogP contribution in [0.5, 0.6) is 0 Å². The van der Waals surface area contributed by atoms with E-state index in [4.69, 9.17) is 4.42 Å². The quantitative estimate of drug-likeness (QED) is 0.264. The molecule has 2 aromatic heterocycles. The number of furan rings is 1. The van der Waals surface area contributed by atoms with Crippen molar-refractivity contribution in [2.24, 2.45) is 0 Å². The maximum Gasteiger partial charge on any atom is 0.300 e. The normalized spacial score (nSPS) is 18.1. The number of anilines is 1. The Kier molecular flexibility index (Phi) is 4.51. The molecule has 6 heteroatoms. The molecule has 0 aliphatic carbocycles. The molecule has 160 valence electrons. The van der Waals surface area contributed by atoms with Gasteiger partial charge >= 0.3 is 0 Å². The van der Waals surface area contributed by atoms with E-state index in [2.05, 4.69) is 4.98 Å². The molecule has 1 unspecified atom stereocenters. The Morgan fingerprint density at radius 2 is 1.81 bits per heavy atom. The van der Waals surface area contributed by atoms with E-state index in [1.807, 2.05) is 56.3 Å². The number of aryl methyl sites for hydroxylation is 3. The lowest BCUT2D eigenvalue weighted by molar-refractivity contribution is -0.132. The van der Waals surface area contributed by atoms with Crippen LogP contribution >= 0.6 is 0 Å². The molecule has 3 heterocycles. The van der Waals surface area contributed by atoms with Crippen LogP contribution in [0.3, 0.4) is 0 Å². The first-order chi connectivity index (χ1) is 15.4. The average Bonchev–Trinajstić information content (AvgIpc) is 3.46. The van der Waals surface area contributed by atoms with Gasteiger partial charge in [0.15, 0.2) is 0 Å². The zero-order valence-corrected chi connectivity index (χ0v) is 18.0. The van der Waals surface area contributed by atoms with Crippen molar-refractivity contribution >= 4 is 34.0 Å². The van der Waals surface area contributed by atoms with Crippen LogP contribution in [-0.4, -0.2) is 21.8 Å². The molecule has 2 N–H and O–H groups in total. The lowest BCUT2D eigenvalue weighted by Gasteiger charge is -2.25. The van der Waals surface area contributed by atoms with Crippen molar-refractivity contribution in [2.75, 3.05) is 4.90 Å². The fraction of sp³-hybridized carbons (Fsp3) is 0.154. The molecule has 6 nitrogen and oxygen atoms in total. The molecule has 1 atom stereocenters.